The first kappa shape index (κ1) is 27.9. The molecule has 41 heavy (non-hydrogen) atoms. The van der Waals surface area contributed by atoms with Crippen LogP contribution in [0.2, 0.25) is 0 Å². The molecule has 206 valence electrons. The molecule has 3 aromatic carbocycles. The number of hydrogen-bond acceptors (Lipinski definition) is 7. The molecule has 0 fully saturated rings. The van der Waals surface area contributed by atoms with Gasteiger partial charge in [0.05, 0.1) is 21.7 Å². The van der Waals surface area contributed by atoms with Crippen LogP contribution in [0.25, 0.3) is 16.3 Å². The molecule has 0 saturated carbocycles. The van der Waals surface area contributed by atoms with E-state index in [1.807, 2.05) is 43.3 Å². The minimum Gasteiger partial charge on any atom is -0.465 e. The van der Waals surface area contributed by atoms with Crippen LogP contribution in [0.3, 0.4) is 0 Å². The van der Waals surface area contributed by atoms with E-state index in [1.54, 1.807) is 54.6 Å². The molecule has 0 bridgehead atoms. The molecule has 0 aliphatic rings. The van der Waals surface area contributed by atoms with E-state index >= 15 is 0 Å². The highest BCUT2D eigenvalue weighted by atomic mass is 32.2. The zero-order valence-corrected chi connectivity index (χ0v) is 23.6. The Kier molecular flexibility index (Phi) is 8.92. The number of thiazole rings is 1. The molecule has 10 heteroatoms. The molecule has 1 unspecified atom stereocenters. The Labute approximate surface area is 244 Å². The van der Waals surface area contributed by atoms with Crippen molar-refractivity contribution < 1.29 is 18.8 Å². The second-order valence-electron chi connectivity index (χ2n) is 8.87. The number of hydrogen-bond donors (Lipinski definition) is 3. The standard InChI is InChI=1S/C31H26N4O4S2/c1-2-26(30(38)35-31-34-24-15-6-7-16-27(24)41-31)40-23-14-8-12-21(18-23)32-29(37)25(19-22-13-9-17-39-22)33-28(36)20-10-4-3-5-11-20/h3-19,26H,2H2,1H3,(H,32,37)(H,33,36)(H,34,35,38)/b25-19-. The van der Waals surface area contributed by atoms with Crippen LogP contribution in [0.15, 0.2) is 112 Å². The third-order valence-electron chi connectivity index (χ3n) is 5.92. The van der Waals surface area contributed by atoms with Crippen molar-refractivity contribution in [2.75, 3.05) is 10.6 Å². The van der Waals surface area contributed by atoms with E-state index in [1.165, 1.54) is 35.4 Å². The predicted octanol–water partition coefficient (Wildman–Crippen LogP) is 6.81. The Morgan fingerprint density at radius 2 is 1.76 bits per heavy atom. The highest BCUT2D eigenvalue weighted by molar-refractivity contribution is 8.00. The van der Waals surface area contributed by atoms with Gasteiger partial charge in [-0.25, -0.2) is 4.98 Å². The lowest BCUT2D eigenvalue weighted by atomic mass is 10.2. The first-order valence-corrected chi connectivity index (χ1v) is 14.5. The van der Waals surface area contributed by atoms with E-state index in [-0.39, 0.29) is 16.9 Å². The second-order valence-corrected chi connectivity index (χ2v) is 11.2. The van der Waals surface area contributed by atoms with Gasteiger partial charge in [0.2, 0.25) is 5.91 Å². The van der Waals surface area contributed by atoms with E-state index in [0.29, 0.717) is 28.6 Å². The number of rotatable bonds is 10. The third kappa shape index (κ3) is 7.30. The first-order chi connectivity index (χ1) is 20.0. The van der Waals surface area contributed by atoms with Gasteiger partial charge in [-0.15, -0.1) is 11.8 Å². The van der Waals surface area contributed by atoms with E-state index < -0.39 is 11.8 Å². The molecule has 0 saturated heterocycles. The highest BCUT2D eigenvalue weighted by Crippen LogP contribution is 2.30. The maximum atomic E-state index is 13.3. The van der Waals surface area contributed by atoms with Gasteiger partial charge in [0.1, 0.15) is 11.5 Å². The van der Waals surface area contributed by atoms with Crippen LogP contribution in [0.4, 0.5) is 10.8 Å². The lowest BCUT2D eigenvalue weighted by Crippen LogP contribution is -2.30. The average Bonchev–Trinajstić information content (AvgIpc) is 3.65. The Hall–Kier alpha value is -4.67. The van der Waals surface area contributed by atoms with Gasteiger partial charge >= 0.3 is 0 Å². The van der Waals surface area contributed by atoms with E-state index in [4.69, 9.17) is 4.42 Å². The largest absolute Gasteiger partial charge is 0.465 e. The fraction of sp³-hybridized carbons (Fsp3) is 0.0968. The molecule has 8 nitrogen and oxygen atoms in total. The number of carbonyl (C=O) groups excluding carboxylic acids is 3. The molecule has 3 N–H and O–H groups in total. The average molecular weight is 583 g/mol. The maximum Gasteiger partial charge on any atom is 0.272 e. The van der Waals surface area contributed by atoms with E-state index in [0.717, 1.165) is 15.1 Å². The van der Waals surface area contributed by atoms with E-state index in [9.17, 15) is 14.4 Å². The number of nitrogens with one attached hydrogen (secondary N) is 3. The number of carbonyl (C=O) groups is 3. The van der Waals surface area contributed by atoms with Gasteiger partial charge in [0.15, 0.2) is 5.13 Å². The molecule has 2 aromatic heterocycles. The highest BCUT2D eigenvalue weighted by Gasteiger charge is 2.20. The molecule has 0 aliphatic heterocycles. The van der Waals surface area contributed by atoms with Gasteiger partial charge in [-0.05, 0) is 61.0 Å². The quantitative estimate of drug-likeness (QED) is 0.123. The molecule has 0 radical (unpaired) electrons. The van der Waals surface area contributed by atoms with Gasteiger partial charge in [-0.3, -0.25) is 14.4 Å². The minimum absolute atomic E-state index is 0.0218. The number of amides is 3. The second kappa shape index (κ2) is 13.1. The Bertz CT molecular complexity index is 1660. The molecular formula is C31H26N4O4S2. The van der Waals surface area contributed by atoms with Crippen LogP contribution in [-0.4, -0.2) is 28.0 Å². The summed E-state index contributed by atoms with van der Waals surface area (Å²) in [6.45, 7) is 1.95. The molecule has 0 spiro atoms. The zero-order chi connectivity index (χ0) is 28.6. The zero-order valence-electron chi connectivity index (χ0n) is 22.0. The molecule has 2 heterocycles. The van der Waals surface area contributed by atoms with Crippen LogP contribution in [0.5, 0.6) is 0 Å². The van der Waals surface area contributed by atoms with Crippen molar-refractivity contribution in [1.82, 2.24) is 10.3 Å². The van der Waals surface area contributed by atoms with Crippen molar-refractivity contribution in [3.63, 3.8) is 0 Å². The van der Waals surface area contributed by atoms with Gasteiger partial charge in [0.25, 0.3) is 11.8 Å². The smallest absolute Gasteiger partial charge is 0.272 e. The number of para-hydroxylation sites is 1. The number of furan rings is 1. The lowest BCUT2D eigenvalue weighted by Gasteiger charge is -2.15. The van der Waals surface area contributed by atoms with Crippen LogP contribution in [0.1, 0.15) is 29.5 Å². The number of fused-ring (bicyclic) bond motifs is 1. The van der Waals surface area contributed by atoms with Crippen LogP contribution >= 0.6 is 23.1 Å². The van der Waals surface area contributed by atoms with Crippen molar-refractivity contribution in [1.29, 1.82) is 0 Å². The predicted molar refractivity (Wildman–Crippen MR) is 164 cm³/mol. The van der Waals surface area contributed by atoms with Crippen LogP contribution < -0.4 is 16.0 Å². The third-order valence-corrected chi connectivity index (χ3v) is 8.23. The van der Waals surface area contributed by atoms with Crippen molar-refractivity contribution >= 4 is 67.9 Å². The molecule has 3 amide bonds. The molecule has 0 aliphatic carbocycles. The van der Waals surface area contributed by atoms with E-state index in [2.05, 4.69) is 20.9 Å². The number of thioether (sulfide) groups is 1. The summed E-state index contributed by atoms with van der Waals surface area (Å²) in [6, 6.07) is 27.0. The molecule has 5 aromatic rings. The van der Waals surface area contributed by atoms with Crippen LogP contribution in [-0.2, 0) is 9.59 Å². The number of nitrogens with zero attached hydrogens (tertiary/aromatic N) is 1. The summed E-state index contributed by atoms with van der Waals surface area (Å²) in [5.41, 5.74) is 1.80. The number of anilines is 2. The number of aromatic nitrogens is 1. The topological polar surface area (TPSA) is 113 Å². The van der Waals surface area contributed by atoms with Gasteiger partial charge < -0.3 is 20.4 Å². The fourth-order valence-corrected chi connectivity index (χ4v) is 5.78. The van der Waals surface area contributed by atoms with Crippen molar-refractivity contribution in [2.24, 2.45) is 0 Å². The summed E-state index contributed by atoms with van der Waals surface area (Å²) in [5, 5.41) is 8.65. The van der Waals surface area contributed by atoms with Crippen molar-refractivity contribution in [3.8, 4) is 0 Å². The normalized spacial score (nSPS) is 12.1. The summed E-state index contributed by atoms with van der Waals surface area (Å²) >= 11 is 2.83. The first-order valence-electron chi connectivity index (χ1n) is 12.8. The van der Waals surface area contributed by atoms with Crippen molar-refractivity contribution in [2.45, 2.75) is 23.5 Å². The van der Waals surface area contributed by atoms with Crippen molar-refractivity contribution in [3.05, 3.63) is 114 Å². The molecule has 1 atom stereocenters. The van der Waals surface area contributed by atoms with Gasteiger partial charge in [-0.2, -0.15) is 0 Å². The van der Waals surface area contributed by atoms with Crippen LogP contribution in [0, 0.1) is 0 Å². The SMILES string of the molecule is CCC(Sc1cccc(NC(=O)/C(=C/c2ccco2)NC(=O)c2ccccc2)c1)C(=O)Nc1nc2ccccc2s1. The Balaban J connectivity index is 1.27. The Morgan fingerprint density at radius 3 is 2.51 bits per heavy atom. The van der Waals surface area contributed by atoms with Gasteiger partial charge in [-0.1, -0.05) is 54.7 Å². The summed E-state index contributed by atoms with van der Waals surface area (Å²) in [5.74, 6) is -0.669. The summed E-state index contributed by atoms with van der Waals surface area (Å²) < 4.78 is 6.36. The number of benzene rings is 3. The molecule has 5 rings (SSSR count). The minimum atomic E-state index is -0.520. The summed E-state index contributed by atoms with van der Waals surface area (Å²) in [7, 11) is 0. The fourth-order valence-electron chi connectivity index (χ4n) is 3.90. The lowest BCUT2D eigenvalue weighted by molar-refractivity contribution is -0.116. The summed E-state index contributed by atoms with van der Waals surface area (Å²) in [4.78, 5) is 44.4. The summed E-state index contributed by atoms with van der Waals surface area (Å²) in [6.07, 6.45) is 3.55. The maximum absolute atomic E-state index is 13.3. The van der Waals surface area contributed by atoms with Gasteiger partial charge in [0, 0.05) is 22.2 Å². The molecular weight excluding hydrogens is 556 g/mol. The monoisotopic (exact) mass is 582 g/mol. The Morgan fingerprint density at radius 1 is 0.951 bits per heavy atom.